The number of halogens is 1. The lowest BCUT2D eigenvalue weighted by Gasteiger charge is -2.39. The molecule has 1 N–H and O–H groups in total. The Bertz CT molecular complexity index is 1640. The molecule has 2 atom stereocenters. The van der Waals surface area contributed by atoms with Crippen LogP contribution in [0.2, 0.25) is 0 Å². The quantitative estimate of drug-likeness (QED) is 0.175. The van der Waals surface area contributed by atoms with Crippen molar-refractivity contribution in [1.82, 2.24) is 13.2 Å². The minimum Gasteiger partial charge on any atom is -0.391 e. The number of aryl methyl sites for hydroxylation is 1. The Morgan fingerprint density at radius 3 is 2.51 bits per heavy atom. The van der Waals surface area contributed by atoms with Gasteiger partial charge in [-0.1, -0.05) is 67.4 Å². The number of hydrogen-bond acceptors (Lipinski definition) is 6. The van der Waals surface area contributed by atoms with Crippen LogP contribution in [0.1, 0.15) is 43.0 Å². The molecule has 0 saturated carbocycles. The smallest absolute Gasteiger partial charge is 0.268 e. The standard InChI is InChI=1S/C34H42FN3O3S2/c1-34(20-22-42-36(2)3,19-10-12-26-11-9-13-27(35)23-26)33(39)25-37-21-18-30-29-16-7-8-17-31(29)38(32(30)24-37)43(40,41)28-14-5-4-6-15-28/h4-9,11,13-17,23,33,39H,10,12,18-22,24-25H2,1-3H3. The highest BCUT2D eigenvalue weighted by atomic mass is 32.2. The van der Waals surface area contributed by atoms with Crippen LogP contribution in [0.15, 0.2) is 83.8 Å². The molecule has 43 heavy (non-hydrogen) atoms. The lowest BCUT2D eigenvalue weighted by atomic mass is 9.76. The van der Waals surface area contributed by atoms with E-state index in [0.29, 0.717) is 25.0 Å². The van der Waals surface area contributed by atoms with Crippen LogP contribution in [0, 0.1) is 11.2 Å². The third-order valence-corrected chi connectivity index (χ3v) is 11.4. The number of aliphatic hydroxyl groups excluding tert-OH is 1. The van der Waals surface area contributed by atoms with Crippen LogP contribution in [-0.2, 0) is 29.4 Å². The molecule has 0 amide bonds. The van der Waals surface area contributed by atoms with Crippen LogP contribution in [-0.4, -0.2) is 65.7 Å². The number of aliphatic hydroxyl groups is 1. The minimum atomic E-state index is -3.81. The Balaban J connectivity index is 1.37. The molecule has 0 fully saturated rings. The van der Waals surface area contributed by atoms with Gasteiger partial charge in [0, 0.05) is 30.8 Å². The van der Waals surface area contributed by atoms with Gasteiger partial charge in [-0.3, -0.25) is 9.21 Å². The predicted octanol–water partition coefficient (Wildman–Crippen LogP) is 6.37. The number of fused-ring (bicyclic) bond motifs is 3. The lowest BCUT2D eigenvalue weighted by Crippen LogP contribution is -2.44. The van der Waals surface area contributed by atoms with Gasteiger partial charge in [-0.25, -0.2) is 16.8 Å². The summed E-state index contributed by atoms with van der Waals surface area (Å²) in [6, 6.07) is 23.1. The zero-order valence-electron chi connectivity index (χ0n) is 25.2. The van der Waals surface area contributed by atoms with E-state index in [1.54, 1.807) is 48.3 Å². The van der Waals surface area contributed by atoms with E-state index >= 15 is 0 Å². The zero-order valence-corrected chi connectivity index (χ0v) is 26.9. The number of aromatic nitrogens is 1. The van der Waals surface area contributed by atoms with Crippen molar-refractivity contribution >= 4 is 32.9 Å². The summed E-state index contributed by atoms with van der Waals surface area (Å²) in [5.41, 5.74) is 3.16. The number of hydrogen-bond donors (Lipinski definition) is 1. The molecule has 4 aromatic rings. The highest BCUT2D eigenvalue weighted by Crippen LogP contribution is 2.37. The van der Waals surface area contributed by atoms with E-state index in [1.165, 1.54) is 10.0 Å². The minimum absolute atomic E-state index is 0.223. The van der Waals surface area contributed by atoms with Gasteiger partial charge in [-0.05, 0) is 93.1 Å². The zero-order chi connectivity index (χ0) is 30.6. The molecule has 6 nitrogen and oxygen atoms in total. The maximum atomic E-state index is 14.0. The first-order chi connectivity index (χ1) is 20.6. The summed E-state index contributed by atoms with van der Waals surface area (Å²) in [7, 11) is 0.236. The summed E-state index contributed by atoms with van der Waals surface area (Å²) in [6.45, 7) is 3.80. The molecular weight excluding hydrogens is 582 g/mol. The molecule has 2 heterocycles. The van der Waals surface area contributed by atoms with Gasteiger partial charge in [0.25, 0.3) is 10.0 Å². The highest BCUT2D eigenvalue weighted by molar-refractivity contribution is 7.96. The fourth-order valence-electron chi connectivity index (χ4n) is 6.23. The van der Waals surface area contributed by atoms with Crippen molar-refractivity contribution in [2.45, 2.75) is 56.6 Å². The van der Waals surface area contributed by atoms with E-state index in [0.717, 1.165) is 60.2 Å². The van der Waals surface area contributed by atoms with Gasteiger partial charge >= 0.3 is 0 Å². The molecule has 1 aromatic heterocycles. The molecule has 1 aliphatic rings. The number of nitrogens with zero attached hydrogens (tertiary/aromatic N) is 3. The van der Waals surface area contributed by atoms with Crippen molar-refractivity contribution in [2.24, 2.45) is 5.41 Å². The number of para-hydroxylation sites is 1. The Kier molecular flexibility index (Phi) is 9.98. The van der Waals surface area contributed by atoms with Crippen LogP contribution < -0.4 is 0 Å². The van der Waals surface area contributed by atoms with E-state index in [9.17, 15) is 17.9 Å². The Labute approximate surface area is 259 Å². The molecular formula is C34H42FN3O3S2. The Morgan fingerprint density at radius 2 is 1.77 bits per heavy atom. The van der Waals surface area contributed by atoms with Crippen molar-refractivity contribution < 1.29 is 17.9 Å². The van der Waals surface area contributed by atoms with Gasteiger partial charge in [0.05, 0.1) is 22.2 Å². The summed E-state index contributed by atoms with van der Waals surface area (Å²) in [4.78, 5) is 2.47. The number of β-amino-alcohol motifs (C(OH)–C–C–N with tert-alkyl or cyclic N) is 1. The average molecular weight is 624 g/mol. The largest absolute Gasteiger partial charge is 0.391 e. The number of benzene rings is 3. The molecule has 0 aliphatic carbocycles. The number of rotatable bonds is 13. The first kappa shape index (κ1) is 31.7. The summed E-state index contributed by atoms with van der Waals surface area (Å²) in [5.74, 6) is 0.660. The maximum Gasteiger partial charge on any atom is 0.268 e. The summed E-state index contributed by atoms with van der Waals surface area (Å²) < 4.78 is 45.3. The first-order valence-corrected chi connectivity index (χ1v) is 17.3. The Morgan fingerprint density at radius 1 is 1.02 bits per heavy atom. The fraction of sp³-hybridized carbons (Fsp3) is 0.412. The summed E-state index contributed by atoms with van der Waals surface area (Å²) in [5, 5.41) is 12.7. The Hall–Kier alpha value is -2.69. The van der Waals surface area contributed by atoms with Gasteiger partial charge in [0.2, 0.25) is 0 Å². The summed E-state index contributed by atoms with van der Waals surface area (Å²) in [6.07, 6.45) is 3.35. The molecule has 0 radical (unpaired) electrons. The second-order valence-corrected chi connectivity index (χ2v) is 15.2. The van der Waals surface area contributed by atoms with Crippen molar-refractivity contribution in [2.75, 3.05) is 32.9 Å². The van der Waals surface area contributed by atoms with Crippen molar-refractivity contribution in [1.29, 1.82) is 0 Å². The third-order valence-electron chi connectivity index (χ3n) is 8.73. The normalized spacial score (nSPS) is 16.3. The molecule has 9 heteroatoms. The fourth-order valence-corrected chi connectivity index (χ4v) is 8.74. The van der Waals surface area contributed by atoms with Crippen molar-refractivity contribution in [3.8, 4) is 0 Å². The van der Waals surface area contributed by atoms with Crippen molar-refractivity contribution in [3.05, 3.63) is 102 Å². The maximum absolute atomic E-state index is 14.0. The van der Waals surface area contributed by atoms with E-state index in [2.05, 4.69) is 16.1 Å². The van der Waals surface area contributed by atoms with E-state index in [-0.39, 0.29) is 16.1 Å². The van der Waals surface area contributed by atoms with Gasteiger partial charge < -0.3 is 5.11 Å². The van der Waals surface area contributed by atoms with Crippen LogP contribution in [0.3, 0.4) is 0 Å². The molecule has 5 rings (SSSR count). The average Bonchev–Trinajstić information content (AvgIpc) is 3.32. The molecule has 3 aromatic carbocycles. The van der Waals surface area contributed by atoms with E-state index in [4.69, 9.17) is 0 Å². The van der Waals surface area contributed by atoms with E-state index < -0.39 is 16.1 Å². The van der Waals surface area contributed by atoms with Gasteiger partial charge in [-0.2, -0.15) is 0 Å². The molecule has 230 valence electrons. The van der Waals surface area contributed by atoms with Crippen LogP contribution in [0.5, 0.6) is 0 Å². The topological polar surface area (TPSA) is 65.8 Å². The molecule has 0 spiro atoms. The summed E-state index contributed by atoms with van der Waals surface area (Å²) >= 11 is 1.74. The monoisotopic (exact) mass is 623 g/mol. The van der Waals surface area contributed by atoms with Gasteiger partial charge in [0.1, 0.15) is 5.82 Å². The van der Waals surface area contributed by atoms with Crippen LogP contribution >= 0.6 is 11.9 Å². The van der Waals surface area contributed by atoms with Crippen LogP contribution in [0.4, 0.5) is 4.39 Å². The van der Waals surface area contributed by atoms with Crippen LogP contribution in [0.25, 0.3) is 10.9 Å². The third kappa shape index (κ3) is 7.18. The highest BCUT2D eigenvalue weighted by Gasteiger charge is 2.36. The molecule has 2 unspecified atom stereocenters. The van der Waals surface area contributed by atoms with E-state index in [1.807, 2.05) is 50.5 Å². The predicted molar refractivity (Wildman–Crippen MR) is 174 cm³/mol. The van der Waals surface area contributed by atoms with Crippen molar-refractivity contribution in [3.63, 3.8) is 0 Å². The second-order valence-electron chi connectivity index (χ2n) is 12.1. The molecule has 0 bridgehead atoms. The SMILES string of the molecule is CN(C)SCCC(C)(CCCc1cccc(F)c1)C(O)CN1CCc2c(n(S(=O)(=O)c3ccccc3)c3ccccc23)C1. The lowest BCUT2D eigenvalue weighted by molar-refractivity contribution is -0.00328. The van der Waals surface area contributed by atoms with Gasteiger partial charge in [0.15, 0.2) is 0 Å². The second kappa shape index (κ2) is 13.5. The molecule has 1 aliphatic heterocycles. The molecule has 0 saturated heterocycles. The first-order valence-electron chi connectivity index (χ1n) is 15.0. The van der Waals surface area contributed by atoms with Gasteiger partial charge in [-0.15, -0.1) is 0 Å².